The molecular weight excluding hydrogens is 190 g/mol. The van der Waals surface area contributed by atoms with E-state index in [1.807, 2.05) is 25.2 Å². The molecule has 0 saturated heterocycles. The zero-order valence-corrected chi connectivity index (χ0v) is 9.67. The zero-order chi connectivity index (χ0) is 11.1. The second-order valence-corrected chi connectivity index (χ2v) is 3.35. The molecular formula is C12H19NO2. The Balaban J connectivity index is 2.80. The van der Waals surface area contributed by atoms with Gasteiger partial charge in [0.25, 0.3) is 0 Å². The van der Waals surface area contributed by atoms with Gasteiger partial charge in [0.05, 0.1) is 14.2 Å². The summed E-state index contributed by atoms with van der Waals surface area (Å²) < 4.78 is 10.6. The molecule has 0 unspecified atom stereocenters. The molecule has 1 rings (SSSR count). The van der Waals surface area contributed by atoms with E-state index in [4.69, 9.17) is 9.47 Å². The van der Waals surface area contributed by atoms with Gasteiger partial charge in [-0.3, -0.25) is 0 Å². The Morgan fingerprint density at radius 3 is 2.20 bits per heavy atom. The van der Waals surface area contributed by atoms with E-state index in [1.54, 1.807) is 14.2 Å². The van der Waals surface area contributed by atoms with Crippen molar-refractivity contribution in [1.82, 2.24) is 5.32 Å². The summed E-state index contributed by atoms with van der Waals surface area (Å²) >= 11 is 0. The lowest BCUT2D eigenvalue weighted by Gasteiger charge is -2.12. The molecule has 0 heterocycles. The molecule has 1 aromatic carbocycles. The third kappa shape index (κ3) is 3.13. The molecule has 0 aromatic heterocycles. The van der Waals surface area contributed by atoms with Crippen LogP contribution < -0.4 is 14.8 Å². The van der Waals surface area contributed by atoms with Crippen LogP contribution in [0, 0.1) is 0 Å². The molecule has 0 spiro atoms. The SMILES string of the molecule is CNCCCc1c(OC)cccc1OC. The molecule has 1 N–H and O–H groups in total. The van der Waals surface area contributed by atoms with Crippen LogP contribution in [0.4, 0.5) is 0 Å². The molecule has 1 aromatic rings. The number of methoxy groups -OCH3 is 2. The average molecular weight is 209 g/mol. The van der Waals surface area contributed by atoms with Crippen LogP contribution in [0.1, 0.15) is 12.0 Å². The molecule has 0 aliphatic heterocycles. The van der Waals surface area contributed by atoms with E-state index in [-0.39, 0.29) is 0 Å². The van der Waals surface area contributed by atoms with Crippen molar-refractivity contribution in [2.45, 2.75) is 12.8 Å². The summed E-state index contributed by atoms with van der Waals surface area (Å²) in [7, 11) is 5.34. The number of rotatable bonds is 6. The maximum atomic E-state index is 5.32. The molecule has 3 nitrogen and oxygen atoms in total. The Bertz CT molecular complexity index is 277. The van der Waals surface area contributed by atoms with Crippen molar-refractivity contribution >= 4 is 0 Å². The predicted octanol–water partition coefficient (Wildman–Crippen LogP) is 1.86. The Kier molecular flexibility index (Phi) is 4.98. The minimum absolute atomic E-state index is 0.908. The molecule has 0 amide bonds. The Labute approximate surface area is 91.4 Å². The lowest BCUT2D eigenvalue weighted by Crippen LogP contribution is -2.09. The van der Waals surface area contributed by atoms with Crippen molar-refractivity contribution in [2.24, 2.45) is 0 Å². The van der Waals surface area contributed by atoms with Crippen molar-refractivity contribution in [3.63, 3.8) is 0 Å². The first kappa shape index (κ1) is 11.9. The first-order valence-corrected chi connectivity index (χ1v) is 5.18. The van der Waals surface area contributed by atoms with Crippen LogP contribution in [0.3, 0.4) is 0 Å². The number of benzene rings is 1. The fraction of sp³-hybridized carbons (Fsp3) is 0.500. The largest absolute Gasteiger partial charge is 0.496 e. The maximum Gasteiger partial charge on any atom is 0.125 e. The summed E-state index contributed by atoms with van der Waals surface area (Å²) in [6, 6.07) is 5.88. The van der Waals surface area contributed by atoms with Crippen LogP contribution in [-0.2, 0) is 6.42 Å². The quantitative estimate of drug-likeness (QED) is 0.725. The van der Waals surface area contributed by atoms with E-state index in [0.29, 0.717) is 0 Å². The first-order chi connectivity index (χ1) is 7.33. The summed E-state index contributed by atoms with van der Waals surface area (Å²) in [6.45, 7) is 1.00. The molecule has 3 heteroatoms. The van der Waals surface area contributed by atoms with Gasteiger partial charge < -0.3 is 14.8 Å². The Hall–Kier alpha value is -1.22. The highest BCUT2D eigenvalue weighted by atomic mass is 16.5. The lowest BCUT2D eigenvalue weighted by molar-refractivity contribution is 0.384. The molecule has 0 aliphatic carbocycles. The van der Waals surface area contributed by atoms with Crippen molar-refractivity contribution in [3.05, 3.63) is 23.8 Å². The van der Waals surface area contributed by atoms with Gasteiger partial charge in [-0.05, 0) is 38.6 Å². The van der Waals surface area contributed by atoms with Crippen molar-refractivity contribution < 1.29 is 9.47 Å². The van der Waals surface area contributed by atoms with Crippen molar-refractivity contribution in [1.29, 1.82) is 0 Å². The molecule has 84 valence electrons. The number of nitrogens with one attached hydrogen (secondary N) is 1. The van der Waals surface area contributed by atoms with E-state index in [1.165, 1.54) is 0 Å². The van der Waals surface area contributed by atoms with E-state index in [9.17, 15) is 0 Å². The highest BCUT2D eigenvalue weighted by Gasteiger charge is 2.08. The standard InChI is InChI=1S/C12H19NO2/c1-13-9-5-6-10-11(14-2)7-4-8-12(10)15-3/h4,7-8,13H,5-6,9H2,1-3H3. The topological polar surface area (TPSA) is 30.5 Å². The monoisotopic (exact) mass is 209 g/mol. The highest BCUT2D eigenvalue weighted by Crippen LogP contribution is 2.29. The van der Waals surface area contributed by atoms with Gasteiger partial charge in [0.1, 0.15) is 11.5 Å². The molecule has 0 radical (unpaired) electrons. The van der Waals surface area contributed by atoms with Gasteiger partial charge in [-0.1, -0.05) is 6.07 Å². The predicted molar refractivity (Wildman–Crippen MR) is 61.8 cm³/mol. The maximum absolute atomic E-state index is 5.32. The van der Waals surface area contributed by atoms with Gasteiger partial charge in [-0.25, -0.2) is 0 Å². The van der Waals surface area contributed by atoms with Gasteiger partial charge >= 0.3 is 0 Å². The summed E-state index contributed by atoms with van der Waals surface area (Å²) in [5.74, 6) is 1.82. The van der Waals surface area contributed by atoms with Crippen molar-refractivity contribution in [2.75, 3.05) is 27.8 Å². The third-order valence-corrected chi connectivity index (χ3v) is 2.38. The first-order valence-electron chi connectivity index (χ1n) is 5.18. The van der Waals surface area contributed by atoms with Gasteiger partial charge in [0.2, 0.25) is 0 Å². The molecule has 15 heavy (non-hydrogen) atoms. The summed E-state index contributed by atoms with van der Waals surface area (Å²) in [5, 5.41) is 3.13. The van der Waals surface area contributed by atoms with Crippen LogP contribution in [0.15, 0.2) is 18.2 Å². The number of hydrogen-bond acceptors (Lipinski definition) is 3. The molecule has 0 fully saturated rings. The minimum atomic E-state index is 0.908. The fourth-order valence-corrected chi connectivity index (χ4v) is 1.62. The Morgan fingerprint density at radius 1 is 1.13 bits per heavy atom. The van der Waals surface area contributed by atoms with Crippen LogP contribution >= 0.6 is 0 Å². The van der Waals surface area contributed by atoms with E-state index in [0.717, 1.165) is 36.4 Å². The summed E-state index contributed by atoms with van der Waals surface area (Å²) in [5.41, 5.74) is 1.15. The fourth-order valence-electron chi connectivity index (χ4n) is 1.62. The zero-order valence-electron chi connectivity index (χ0n) is 9.67. The van der Waals surface area contributed by atoms with Crippen LogP contribution in [0.5, 0.6) is 11.5 Å². The van der Waals surface area contributed by atoms with E-state index in [2.05, 4.69) is 5.32 Å². The van der Waals surface area contributed by atoms with E-state index < -0.39 is 0 Å². The normalized spacial score (nSPS) is 10.1. The molecule has 0 bridgehead atoms. The molecule has 0 saturated carbocycles. The second-order valence-electron chi connectivity index (χ2n) is 3.35. The third-order valence-electron chi connectivity index (χ3n) is 2.38. The lowest BCUT2D eigenvalue weighted by atomic mass is 10.1. The number of ether oxygens (including phenoxy) is 2. The summed E-state index contributed by atoms with van der Waals surface area (Å²) in [4.78, 5) is 0. The summed E-state index contributed by atoms with van der Waals surface area (Å²) in [6.07, 6.45) is 2.04. The highest BCUT2D eigenvalue weighted by molar-refractivity contribution is 5.44. The minimum Gasteiger partial charge on any atom is -0.496 e. The molecule has 0 atom stereocenters. The second kappa shape index (κ2) is 6.30. The van der Waals surface area contributed by atoms with Gasteiger partial charge in [-0.2, -0.15) is 0 Å². The smallest absolute Gasteiger partial charge is 0.125 e. The van der Waals surface area contributed by atoms with Gasteiger partial charge in [0, 0.05) is 5.56 Å². The van der Waals surface area contributed by atoms with Gasteiger partial charge in [0.15, 0.2) is 0 Å². The Morgan fingerprint density at radius 2 is 1.73 bits per heavy atom. The van der Waals surface area contributed by atoms with Gasteiger partial charge in [-0.15, -0.1) is 0 Å². The van der Waals surface area contributed by atoms with Crippen LogP contribution in [0.2, 0.25) is 0 Å². The van der Waals surface area contributed by atoms with Crippen LogP contribution in [0.25, 0.3) is 0 Å². The number of hydrogen-bond donors (Lipinski definition) is 1. The van der Waals surface area contributed by atoms with Crippen LogP contribution in [-0.4, -0.2) is 27.8 Å². The van der Waals surface area contributed by atoms with Crippen molar-refractivity contribution in [3.8, 4) is 11.5 Å². The average Bonchev–Trinajstić information content (AvgIpc) is 2.29. The molecule has 0 aliphatic rings. The van der Waals surface area contributed by atoms with E-state index >= 15 is 0 Å².